The second-order valence-electron chi connectivity index (χ2n) is 9.07. The van der Waals surface area contributed by atoms with Crippen molar-refractivity contribution in [1.29, 1.82) is 0 Å². The zero-order chi connectivity index (χ0) is 22.5. The van der Waals surface area contributed by atoms with Crippen LogP contribution in [0.1, 0.15) is 29.7 Å². The first-order valence-corrected chi connectivity index (χ1v) is 13.0. The first-order chi connectivity index (χ1) is 15.3. The SMILES string of the molecule is C[C@H](C(=O)O)N1C(=O)[C@@H]2[C@H]3C[C@@H]([C@@H]2C1=O)[C@@H]1[C@H](c2ccc(Br)cc2)c2sc(=O)[nH]c2S[C@H]31. The Labute approximate surface area is 199 Å². The number of rotatable bonds is 3. The molecule has 32 heavy (non-hydrogen) atoms. The number of carbonyl (C=O) groups excluding carboxylic acids is 2. The molecule has 2 aliphatic carbocycles. The predicted molar refractivity (Wildman–Crippen MR) is 122 cm³/mol. The molecule has 8 atom stereocenters. The lowest BCUT2D eigenvalue weighted by atomic mass is 9.68. The van der Waals surface area contributed by atoms with Gasteiger partial charge in [-0.15, -0.1) is 11.8 Å². The van der Waals surface area contributed by atoms with Crippen LogP contribution in [0, 0.1) is 29.6 Å². The largest absolute Gasteiger partial charge is 0.480 e. The van der Waals surface area contributed by atoms with Crippen LogP contribution in [0.15, 0.2) is 38.6 Å². The van der Waals surface area contributed by atoms with E-state index in [9.17, 15) is 24.3 Å². The molecule has 2 saturated carbocycles. The van der Waals surface area contributed by atoms with Gasteiger partial charge < -0.3 is 10.1 Å². The van der Waals surface area contributed by atoms with Crippen LogP contribution in [-0.2, 0) is 14.4 Å². The molecular formula is C22H19BrN2O5S2. The Balaban J connectivity index is 1.45. The van der Waals surface area contributed by atoms with Gasteiger partial charge >= 0.3 is 10.8 Å². The monoisotopic (exact) mass is 534 g/mol. The van der Waals surface area contributed by atoms with E-state index in [-0.39, 0.29) is 45.6 Å². The summed E-state index contributed by atoms with van der Waals surface area (Å²) >= 11 is 6.34. The van der Waals surface area contributed by atoms with Gasteiger partial charge in [0.25, 0.3) is 0 Å². The zero-order valence-electron chi connectivity index (χ0n) is 16.9. The van der Waals surface area contributed by atoms with E-state index >= 15 is 0 Å². The maximum atomic E-state index is 13.3. The molecule has 2 bridgehead atoms. The average molecular weight is 535 g/mol. The van der Waals surface area contributed by atoms with Crippen molar-refractivity contribution in [3.63, 3.8) is 0 Å². The number of nitrogens with zero attached hydrogens (tertiary/aromatic N) is 1. The molecule has 1 aromatic carbocycles. The number of hydrogen-bond acceptors (Lipinski definition) is 6. The normalized spacial score (nSPS) is 35.6. The second-order valence-corrected chi connectivity index (χ2v) is 12.2. The number of carboxylic acids is 1. The quantitative estimate of drug-likeness (QED) is 0.585. The van der Waals surface area contributed by atoms with Gasteiger partial charge in [0.2, 0.25) is 11.8 Å². The Bertz CT molecular complexity index is 1220. The summed E-state index contributed by atoms with van der Waals surface area (Å²) in [5, 5.41) is 10.4. The van der Waals surface area contributed by atoms with E-state index in [0.29, 0.717) is 0 Å². The van der Waals surface area contributed by atoms with Crippen LogP contribution >= 0.6 is 39.0 Å². The number of aromatic nitrogens is 1. The number of likely N-dealkylation sites (tertiary alicyclic amines) is 1. The predicted octanol–water partition coefficient (Wildman–Crippen LogP) is 3.15. The van der Waals surface area contributed by atoms with Gasteiger partial charge in [-0.25, -0.2) is 4.79 Å². The number of benzene rings is 1. The number of hydrogen-bond donors (Lipinski definition) is 2. The molecule has 0 unspecified atom stereocenters. The highest BCUT2D eigenvalue weighted by molar-refractivity contribution is 9.10. The van der Waals surface area contributed by atoms with Crippen molar-refractivity contribution in [3.8, 4) is 0 Å². The molecule has 0 spiro atoms. The molecule has 1 saturated heterocycles. The molecule has 7 nitrogen and oxygen atoms in total. The number of thioether (sulfide) groups is 1. The number of carbonyl (C=O) groups is 3. The van der Waals surface area contributed by atoms with E-state index in [1.54, 1.807) is 11.8 Å². The minimum Gasteiger partial charge on any atom is -0.480 e. The van der Waals surface area contributed by atoms with Gasteiger partial charge in [0.15, 0.2) is 0 Å². The molecule has 2 aromatic rings. The van der Waals surface area contributed by atoms with Gasteiger partial charge in [-0.2, -0.15) is 0 Å². The summed E-state index contributed by atoms with van der Waals surface area (Å²) in [4.78, 5) is 55.2. The lowest BCUT2D eigenvalue weighted by Gasteiger charge is -2.43. The molecule has 2 aliphatic heterocycles. The molecular weight excluding hydrogens is 516 g/mol. The van der Waals surface area contributed by atoms with Gasteiger partial charge in [0, 0.05) is 20.5 Å². The molecule has 2 amide bonds. The van der Waals surface area contributed by atoms with Crippen molar-refractivity contribution >= 4 is 56.8 Å². The molecule has 3 heterocycles. The highest BCUT2D eigenvalue weighted by Gasteiger charge is 2.70. The molecule has 10 heteroatoms. The first-order valence-electron chi connectivity index (χ1n) is 10.5. The second kappa shape index (κ2) is 7.04. The van der Waals surface area contributed by atoms with Crippen LogP contribution < -0.4 is 4.87 Å². The Morgan fingerprint density at radius 1 is 1.16 bits per heavy atom. The molecule has 3 fully saturated rings. The lowest BCUT2D eigenvalue weighted by Crippen LogP contribution is -2.44. The van der Waals surface area contributed by atoms with Gasteiger partial charge in [0.05, 0.1) is 16.9 Å². The van der Waals surface area contributed by atoms with Gasteiger partial charge in [0.1, 0.15) is 6.04 Å². The Morgan fingerprint density at radius 3 is 2.47 bits per heavy atom. The highest BCUT2D eigenvalue weighted by atomic mass is 79.9. The number of amides is 2. The van der Waals surface area contributed by atoms with E-state index in [0.717, 1.165) is 31.3 Å². The molecule has 166 valence electrons. The lowest BCUT2D eigenvalue weighted by molar-refractivity contribution is -0.154. The standard InChI is InChI=1S/C22H19BrN2O5S2/c1-7(21(28)29)25-19(26)14-10-6-11(15(14)20(25)27)16-13(10)12(8-2-4-9(23)5-3-8)17-18(31-16)24-22(30)32-17/h2-5,7,10-16H,6H2,1H3,(H,24,30)(H,28,29)/t7-,10-,11-,12+,13-,14+,15-,16-/m1/s1. The van der Waals surface area contributed by atoms with Crippen LogP contribution in [0.3, 0.4) is 0 Å². The van der Waals surface area contributed by atoms with Crippen LogP contribution in [0.2, 0.25) is 0 Å². The van der Waals surface area contributed by atoms with Crippen molar-refractivity contribution in [3.05, 3.63) is 48.8 Å². The first kappa shape index (κ1) is 20.7. The van der Waals surface area contributed by atoms with E-state index < -0.39 is 23.8 Å². The number of H-pyrrole nitrogens is 1. The summed E-state index contributed by atoms with van der Waals surface area (Å²) in [5.74, 6) is -2.70. The number of carboxylic acid groups (broad SMARTS) is 1. The number of fused-ring (bicyclic) bond motifs is 9. The fraction of sp³-hybridized carbons (Fsp3) is 0.455. The number of halogens is 1. The number of aromatic amines is 1. The molecule has 2 N–H and O–H groups in total. The fourth-order valence-corrected chi connectivity index (χ4v) is 9.73. The summed E-state index contributed by atoms with van der Waals surface area (Å²) in [6.45, 7) is 1.40. The summed E-state index contributed by atoms with van der Waals surface area (Å²) in [7, 11) is 0. The summed E-state index contributed by atoms with van der Waals surface area (Å²) in [5.41, 5.74) is 1.09. The van der Waals surface area contributed by atoms with Crippen molar-refractivity contribution < 1.29 is 19.5 Å². The van der Waals surface area contributed by atoms with Gasteiger partial charge in [-0.1, -0.05) is 39.4 Å². The van der Waals surface area contributed by atoms with Crippen LogP contribution in [0.5, 0.6) is 0 Å². The third-order valence-electron chi connectivity index (χ3n) is 7.73. The number of nitrogens with one attached hydrogen (secondary N) is 1. The van der Waals surface area contributed by atoms with E-state index in [1.807, 2.05) is 12.1 Å². The Hall–Kier alpha value is -1.91. The van der Waals surface area contributed by atoms with Crippen molar-refractivity contribution in [2.75, 3.05) is 0 Å². The number of thiazole rings is 1. The van der Waals surface area contributed by atoms with Crippen LogP contribution in [0.25, 0.3) is 0 Å². The maximum Gasteiger partial charge on any atom is 0.326 e. The third kappa shape index (κ3) is 2.66. The minimum absolute atomic E-state index is 0.00283. The zero-order valence-corrected chi connectivity index (χ0v) is 20.1. The molecule has 4 aliphatic rings. The Morgan fingerprint density at radius 2 is 1.81 bits per heavy atom. The topological polar surface area (TPSA) is 108 Å². The summed E-state index contributed by atoms with van der Waals surface area (Å²) in [6, 6.07) is 6.92. The van der Waals surface area contributed by atoms with Crippen LogP contribution in [0.4, 0.5) is 0 Å². The Kier molecular flexibility index (Phi) is 4.55. The van der Waals surface area contributed by atoms with Crippen LogP contribution in [-0.4, -0.2) is 44.1 Å². The minimum atomic E-state index is -1.17. The fourth-order valence-electron chi connectivity index (χ4n) is 6.58. The number of imide groups is 1. The van der Waals surface area contributed by atoms with E-state index in [2.05, 4.69) is 33.0 Å². The number of aliphatic carboxylic acids is 1. The average Bonchev–Trinajstić information content (AvgIpc) is 3.47. The smallest absolute Gasteiger partial charge is 0.326 e. The highest BCUT2D eigenvalue weighted by Crippen LogP contribution is 2.68. The molecule has 0 radical (unpaired) electrons. The molecule has 1 aromatic heterocycles. The van der Waals surface area contributed by atoms with E-state index in [1.165, 1.54) is 18.3 Å². The van der Waals surface area contributed by atoms with Crippen molar-refractivity contribution in [2.45, 2.75) is 35.6 Å². The van der Waals surface area contributed by atoms with Gasteiger partial charge in [-0.05, 0) is 48.8 Å². The maximum absolute atomic E-state index is 13.3. The van der Waals surface area contributed by atoms with Crippen molar-refractivity contribution in [1.82, 2.24) is 9.88 Å². The van der Waals surface area contributed by atoms with Gasteiger partial charge in [-0.3, -0.25) is 19.3 Å². The summed E-state index contributed by atoms with van der Waals surface area (Å²) in [6.07, 6.45) is 0.788. The third-order valence-corrected chi connectivity index (χ3v) is 10.8. The van der Waals surface area contributed by atoms with E-state index in [4.69, 9.17) is 0 Å². The summed E-state index contributed by atoms with van der Waals surface area (Å²) < 4.78 is 0.966. The van der Waals surface area contributed by atoms with Crippen molar-refractivity contribution in [2.24, 2.45) is 29.6 Å². The molecule has 6 rings (SSSR count).